The number of aromatic nitrogens is 3. The van der Waals surface area contributed by atoms with E-state index in [1.807, 2.05) is 34.8 Å². The van der Waals surface area contributed by atoms with Crippen LogP contribution in [0.3, 0.4) is 0 Å². The standard InChI is InChI=1S/C19H21N5OS/c25-17(14-9-10-14)21-16-15(13-7-3-1-4-8-13)20-18-24(16)22-19(26-18)23-11-5-2-6-12-23/h1,3-4,7-8,14H,2,5-6,9-12H2,(H,21,25). The molecule has 0 bridgehead atoms. The fourth-order valence-electron chi connectivity index (χ4n) is 3.43. The molecule has 1 aromatic carbocycles. The molecule has 134 valence electrons. The van der Waals surface area contributed by atoms with E-state index in [-0.39, 0.29) is 11.8 Å². The number of carbonyl (C=O) groups is 1. The van der Waals surface area contributed by atoms with Gasteiger partial charge in [0.2, 0.25) is 16.0 Å². The summed E-state index contributed by atoms with van der Waals surface area (Å²) in [4.78, 5) is 20.4. The van der Waals surface area contributed by atoms with Gasteiger partial charge >= 0.3 is 0 Å². The van der Waals surface area contributed by atoms with Crippen molar-refractivity contribution in [2.75, 3.05) is 23.3 Å². The van der Waals surface area contributed by atoms with Crippen molar-refractivity contribution in [1.29, 1.82) is 0 Å². The van der Waals surface area contributed by atoms with Gasteiger partial charge in [-0.05, 0) is 32.1 Å². The molecule has 26 heavy (non-hydrogen) atoms. The molecule has 1 aliphatic carbocycles. The lowest BCUT2D eigenvalue weighted by Gasteiger charge is -2.25. The highest BCUT2D eigenvalue weighted by Gasteiger charge is 2.31. The molecule has 1 saturated heterocycles. The third kappa shape index (κ3) is 2.86. The zero-order chi connectivity index (χ0) is 17.5. The van der Waals surface area contributed by atoms with Gasteiger partial charge in [-0.15, -0.1) is 5.10 Å². The van der Waals surface area contributed by atoms with Crippen molar-refractivity contribution in [2.45, 2.75) is 32.1 Å². The van der Waals surface area contributed by atoms with E-state index < -0.39 is 0 Å². The molecule has 0 unspecified atom stereocenters. The molecule has 0 atom stereocenters. The lowest BCUT2D eigenvalue weighted by molar-refractivity contribution is -0.117. The van der Waals surface area contributed by atoms with E-state index in [2.05, 4.69) is 10.2 Å². The normalized spacial score (nSPS) is 17.6. The molecule has 3 aromatic rings. The summed E-state index contributed by atoms with van der Waals surface area (Å²) < 4.78 is 1.82. The number of nitrogens with one attached hydrogen (secondary N) is 1. The van der Waals surface area contributed by atoms with Crippen LogP contribution in [0.15, 0.2) is 30.3 Å². The van der Waals surface area contributed by atoms with Crippen molar-refractivity contribution in [3.05, 3.63) is 30.3 Å². The third-order valence-electron chi connectivity index (χ3n) is 5.06. The second-order valence-electron chi connectivity index (χ2n) is 7.07. The highest BCUT2D eigenvalue weighted by Crippen LogP contribution is 2.36. The summed E-state index contributed by atoms with van der Waals surface area (Å²) in [6.07, 6.45) is 5.67. The van der Waals surface area contributed by atoms with Crippen molar-refractivity contribution in [1.82, 2.24) is 14.6 Å². The Bertz CT molecular complexity index is 938. The largest absolute Gasteiger partial charge is 0.347 e. The topological polar surface area (TPSA) is 62.5 Å². The van der Waals surface area contributed by atoms with Gasteiger partial charge in [-0.1, -0.05) is 41.7 Å². The second kappa shape index (κ2) is 6.39. The molecule has 5 rings (SSSR count). The first-order valence-electron chi connectivity index (χ1n) is 9.30. The van der Waals surface area contributed by atoms with Crippen LogP contribution in [-0.2, 0) is 4.79 Å². The average Bonchev–Trinajstić information content (AvgIpc) is 3.38. The van der Waals surface area contributed by atoms with Gasteiger partial charge in [0.25, 0.3) is 0 Å². The number of nitrogens with zero attached hydrogens (tertiary/aromatic N) is 4. The average molecular weight is 367 g/mol. The van der Waals surface area contributed by atoms with Crippen LogP contribution in [0.5, 0.6) is 0 Å². The van der Waals surface area contributed by atoms with Gasteiger partial charge in [0.1, 0.15) is 5.69 Å². The van der Waals surface area contributed by atoms with Crippen molar-refractivity contribution in [3.8, 4) is 11.3 Å². The van der Waals surface area contributed by atoms with Crippen LogP contribution in [0.1, 0.15) is 32.1 Å². The van der Waals surface area contributed by atoms with E-state index in [4.69, 9.17) is 10.1 Å². The number of hydrogen-bond acceptors (Lipinski definition) is 5. The number of imidazole rings is 1. The van der Waals surface area contributed by atoms with E-state index in [0.29, 0.717) is 5.82 Å². The summed E-state index contributed by atoms with van der Waals surface area (Å²) in [6, 6.07) is 10.00. The third-order valence-corrected chi connectivity index (χ3v) is 6.03. The number of amides is 1. The SMILES string of the molecule is O=C(Nc1c(-c2ccccc2)nc2sc(N3CCCCC3)nn12)C1CC1. The van der Waals surface area contributed by atoms with Crippen LogP contribution in [0.25, 0.3) is 16.2 Å². The molecule has 2 fully saturated rings. The Balaban J connectivity index is 1.57. The van der Waals surface area contributed by atoms with Gasteiger partial charge in [0.05, 0.1) is 0 Å². The number of hydrogen-bond donors (Lipinski definition) is 1. The minimum atomic E-state index is 0.0801. The highest BCUT2D eigenvalue weighted by atomic mass is 32.1. The lowest BCUT2D eigenvalue weighted by Crippen LogP contribution is -2.29. The summed E-state index contributed by atoms with van der Waals surface area (Å²) in [5.41, 5.74) is 1.79. The van der Waals surface area contributed by atoms with Gasteiger partial charge in [-0.2, -0.15) is 4.52 Å². The van der Waals surface area contributed by atoms with E-state index in [1.165, 1.54) is 19.3 Å². The first-order valence-corrected chi connectivity index (χ1v) is 10.1. The first kappa shape index (κ1) is 15.8. The van der Waals surface area contributed by atoms with Crippen LogP contribution < -0.4 is 10.2 Å². The molecule has 6 nitrogen and oxygen atoms in total. The van der Waals surface area contributed by atoms with Crippen LogP contribution >= 0.6 is 11.3 Å². The molecule has 1 amide bonds. The molecule has 1 saturated carbocycles. The second-order valence-corrected chi connectivity index (χ2v) is 8.00. The minimum absolute atomic E-state index is 0.0801. The van der Waals surface area contributed by atoms with Crippen molar-refractivity contribution in [3.63, 3.8) is 0 Å². The molecule has 0 radical (unpaired) electrons. The molecule has 0 spiro atoms. The molecule has 7 heteroatoms. The maximum Gasteiger partial charge on any atom is 0.228 e. The van der Waals surface area contributed by atoms with E-state index in [9.17, 15) is 4.79 Å². The van der Waals surface area contributed by atoms with Crippen LogP contribution in [0.4, 0.5) is 10.9 Å². The lowest BCUT2D eigenvalue weighted by atomic mass is 10.1. The Labute approximate surface area is 155 Å². The summed E-state index contributed by atoms with van der Waals surface area (Å²) in [5.74, 6) is 0.920. The number of anilines is 2. The maximum absolute atomic E-state index is 12.4. The van der Waals surface area contributed by atoms with E-state index in [1.54, 1.807) is 11.3 Å². The molecular formula is C19H21N5OS. The minimum Gasteiger partial charge on any atom is -0.347 e. The van der Waals surface area contributed by atoms with Gasteiger partial charge in [0.15, 0.2) is 5.82 Å². The number of carbonyl (C=O) groups excluding carboxylic acids is 1. The molecule has 3 heterocycles. The first-order chi connectivity index (χ1) is 12.8. The predicted octanol–water partition coefficient (Wildman–Crippen LogP) is 3.80. The van der Waals surface area contributed by atoms with E-state index in [0.717, 1.165) is 47.3 Å². The summed E-state index contributed by atoms with van der Waals surface area (Å²) in [5, 5.41) is 8.89. The zero-order valence-electron chi connectivity index (χ0n) is 14.5. The molecule has 2 aromatic heterocycles. The molecule has 1 aliphatic heterocycles. The molecule has 2 aliphatic rings. The summed E-state index contributed by atoms with van der Waals surface area (Å²) in [7, 11) is 0. The van der Waals surface area contributed by atoms with Crippen molar-refractivity contribution < 1.29 is 4.79 Å². The maximum atomic E-state index is 12.4. The molecule has 1 N–H and O–H groups in total. The quantitative estimate of drug-likeness (QED) is 0.762. The van der Waals surface area contributed by atoms with Crippen molar-refractivity contribution in [2.24, 2.45) is 5.92 Å². The van der Waals surface area contributed by atoms with Gasteiger partial charge < -0.3 is 10.2 Å². The Morgan fingerprint density at radius 2 is 1.88 bits per heavy atom. The highest BCUT2D eigenvalue weighted by molar-refractivity contribution is 7.20. The molecular weight excluding hydrogens is 346 g/mol. The number of benzene rings is 1. The smallest absolute Gasteiger partial charge is 0.228 e. The van der Waals surface area contributed by atoms with Gasteiger partial charge in [-0.25, -0.2) is 4.98 Å². The predicted molar refractivity (Wildman–Crippen MR) is 104 cm³/mol. The van der Waals surface area contributed by atoms with Gasteiger partial charge in [0, 0.05) is 24.6 Å². The van der Waals surface area contributed by atoms with Crippen molar-refractivity contribution >= 4 is 33.2 Å². The van der Waals surface area contributed by atoms with E-state index >= 15 is 0 Å². The van der Waals surface area contributed by atoms with Gasteiger partial charge in [-0.3, -0.25) is 4.79 Å². The number of piperidine rings is 1. The summed E-state index contributed by atoms with van der Waals surface area (Å²) >= 11 is 1.60. The number of rotatable bonds is 4. The fourth-order valence-corrected chi connectivity index (χ4v) is 4.38. The monoisotopic (exact) mass is 367 g/mol. The summed E-state index contributed by atoms with van der Waals surface area (Å²) in [6.45, 7) is 2.10. The van der Waals surface area contributed by atoms with Crippen LogP contribution in [-0.4, -0.2) is 33.6 Å². The zero-order valence-corrected chi connectivity index (χ0v) is 15.3. The van der Waals surface area contributed by atoms with Crippen LogP contribution in [0.2, 0.25) is 0 Å². The Kier molecular flexibility index (Phi) is 3.89. The fraction of sp³-hybridized carbons (Fsp3) is 0.421. The number of fused-ring (bicyclic) bond motifs is 1. The Morgan fingerprint density at radius 3 is 2.62 bits per heavy atom. The van der Waals surface area contributed by atoms with Crippen LogP contribution in [0, 0.1) is 5.92 Å². The Morgan fingerprint density at radius 1 is 1.12 bits per heavy atom. The Hall–Kier alpha value is -2.41.